The van der Waals surface area contributed by atoms with Crippen molar-refractivity contribution in [2.75, 3.05) is 50.5 Å². The topological polar surface area (TPSA) is 88.8 Å². The lowest BCUT2D eigenvalue weighted by Crippen LogP contribution is -2.50. The van der Waals surface area contributed by atoms with Crippen LogP contribution in [0.3, 0.4) is 0 Å². The maximum Gasteiger partial charge on any atom is 0.417 e. The second-order valence-corrected chi connectivity index (χ2v) is 10.6. The summed E-state index contributed by atoms with van der Waals surface area (Å²) < 4.78 is 83.0. The number of likely N-dealkylation sites (tertiary alicyclic amines) is 1. The molecule has 3 aliphatic heterocycles. The van der Waals surface area contributed by atoms with E-state index in [9.17, 15) is 17.6 Å². The Labute approximate surface area is 223 Å². The van der Waals surface area contributed by atoms with Crippen molar-refractivity contribution in [3.05, 3.63) is 39.8 Å². The zero-order valence-corrected chi connectivity index (χ0v) is 22.1. The van der Waals surface area contributed by atoms with Gasteiger partial charge in [0.25, 0.3) is 0 Å². The molecule has 1 unspecified atom stereocenters. The molecule has 0 saturated carbocycles. The van der Waals surface area contributed by atoms with E-state index >= 15 is 4.39 Å². The van der Waals surface area contributed by atoms with E-state index in [1.54, 1.807) is 0 Å². The highest BCUT2D eigenvalue weighted by Gasteiger charge is 2.42. The Hall–Kier alpha value is -2.77. The first kappa shape index (κ1) is 27.8. The SMILES string of the molecule is Cc1cc(N)c(F)c(C2Cc3nc(OC[C@@H]4C[C@@H](F)CN4C)nc(N4CCNC[C@@H]4C)c3CO2)c1C(F)(F)F. The third-order valence-corrected chi connectivity index (χ3v) is 7.80. The van der Waals surface area contributed by atoms with Crippen LogP contribution in [0.1, 0.15) is 47.4 Å². The van der Waals surface area contributed by atoms with Crippen LogP contribution in [-0.2, 0) is 23.9 Å². The van der Waals surface area contributed by atoms with Crippen molar-refractivity contribution in [3.63, 3.8) is 0 Å². The molecule has 0 aliphatic carbocycles. The van der Waals surface area contributed by atoms with Crippen molar-refractivity contribution < 1.29 is 31.4 Å². The summed E-state index contributed by atoms with van der Waals surface area (Å²) in [5.74, 6) is -0.571. The fourth-order valence-corrected chi connectivity index (χ4v) is 5.78. The zero-order chi connectivity index (χ0) is 28.1. The number of alkyl halides is 4. The number of hydrogen-bond donors (Lipinski definition) is 2. The predicted octanol–water partition coefficient (Wildman–Crippen LogP) is 3.56. The Kier molecular flexibility index (Phi) is 7.59. The van der Waals surface area contributed by atoms with Crippen LogP contribution < -0.4 is 20.7 Å². The Morgan fingerprint density at radius 1 is 1.28 bits per heavy atom. The molecule has 4 heterocycles. The number of ether oxygens (including phenoxy) is 2. The van der Waals surface area contributed by atoms with Crippen molar-refractivity contribution in [3.8, 4) is 6.01 Å². The van der Waals surface area contributed by atoms with Crippen molar-refractivity contribution in [1.29, 1.82) is 0 Å². The van der Waals surface area contributed by atoms with E-state index in [1.165, 1.54) is 6.92 Å². The molecule has 4 atom stereocenters. The molecule has 0 amide bonds. The Morgan fingerprint density at radius 2 is 2.05 bits per heavy atom. The van der Waals surface area contributed by atoms with Gasteiger partial charge in [-0.25, -0.2) is 8.78 Å². The molecule has 2 saturated heterocycles. The summed E-state index contributed by atoms with van der Waals surface area (Å²) in [6.07, 6.45) is -6.81. The molecule has 0 radical (unpaired) electrons. The molecule has 1 aromatic carbocycles. The highest BCUT2D eigenvalue weighted by Crippen LogP contribution is 2.44. The Balaban J connectivity index is 1.52. The highest BCUT2D eigenvalue weighted by atomic mass is 19.4. The minimum absolute atomic E-state index is 0.0473. The van der Waals surface area contributed by atoms with Gasteiger partial charge in [0, 0.05) is 55.8 Å². The molecule has 3 N–H and O–H groups in total. The quantitative estimate of drug-likeness (QED) is 0.427. The monoisotopic (exact) mass is 556 g/mol. The molecule has 0 spiro atoms. The predicted molar refractivity (Wildman–Crippen MR) is 135 cm³/mol. The summed E-state index contributed by atoms with van der Waals surface area (Å²) in [4.78, 5) is 13.2. The first-order chi connectivity index (χ1) is 18.4. The van der Waals surface area contributed by atoms with Crippen molar-refractivity contribution in [1.82, 2.24) is 20.2 Å². The number of rotatable bonds is 5. The van der Waals surface area contributed by atoms with Gasteiger partial charge in [-0.15, -0.1) is 0 Å². The number of piperazine rings is 1. The lowest BCUT2D eigenvalue weighted by molar-refractivity contribution is -0.140. The van der Waals surface area contributed by atoms with Gasteiger partial charge in [-0.05, 0) is 38.9 Å². The number of aryl methyl sites for hydroxylation is 1. The van der Waals surface area contributed by atoms with Crippen LogP contribution in [0.4, 0.5) is 33.5 Å². The van der Waals surface area contributed by atoms with E-state index < -0.39 is 35.4 Å². The van der Waals surface area contributed by atoms with Gasteiger partial charge in [0.2, 0.25) is 0 Å². The molecule has 3 aliphatic rings. The normalized spacial score (nSPS) is 26.1. The lowest BCUT2D eigenvalue weighted by atomic mass is 9.91. The van der Waals surface area contributed by atoms with Crippen LogP contribution >= 0.6 is 0 Å². The maximum absolute atomic E-state index is 15.2. The van der Waals surface area contributed by atoms with E-state index in [1.807, 2.05) is 18.9 Å². The molecule has 39 heavy (non-hydrogen) atoms. The number of anilines is 2. The van der Waals surface area contributed by atoms with Crippen molar-refractivity contribution in [2.24, 2.45) is 0 Å². The van der Waals surface area contributed by atoms with Gasteiger partial charge in [-0.2, -0.15) is 23.1 Å². The molecule has 5 rings (SSSR count). The van der Waals surface area contributed by atoms with Gasteiger partial charge >= 0.3 is 12.2 Å². The Bertz CT molecular complexity index is 1230. The maximum atomic E-state index is 15.2. The molecule has 8 nitrogen and oxygen atoms in total. The summed E-state index contributed by atoms with van der Waals surface area (Å²) in [5, 5.41) is 3.32. The number of nitrogen functional groups attached to an aromatic ring is 1. The lowest BCUT2D eigenvalue weighted by Gasteiger charge is -2.38. The number of nitrogens with two attached hydrogens (primary N) is 1. The third kappa shape index (κ3) is 5.48. The number of benzene rings is 1. The molecule has 214 valence electrons. The number of nitrogens with one attached hydrogen (secondary N) is 1. The molecule has 2 fully saturated rings. The second kappa shape index (κ2) is 10.7. The third-order valence-electron chi connectivity index (χ3n) is 7.80. The van der Waals surface area contributed by atoms with Gasteiger partial charge in [0.1, 0.15) is 18.6 Å². The summed E-state index contributed by atoms with van der Waals surface area (Å²) in [6, 6.07) is 0.947. The van der Waals surface area contributed by atoms with E-state index in [-0.39, 0.29) is 49.0 Å². The highest BCUT2D eigenvalue weighted by molar-refractivity contribution is 5.55. The molecular weight excluding hydrogens is 523 g/mol. The van der Waals surface area contributed by atoms with E-state index in [4.69, 9.17) is 15.2 Å². The average molecular weight is 557 g/mol. The van der Waals surface area contributed by atoms with Crippen LogP contribution in [-0.4, -0.2) is 73.0 Å². The average Bonchev–Trinajstić information content (AvgIpc) is 3.20. The minimum atomic E-state index is -4.81. The molecule has 1 aromatic heterocycles. The fraction of sp³-hybridized carbons (Fsp3) is 0.615. The van der Waals surface area contributed by atoms with Gasteiger partial charge < -0.3 is 25.4 Å². The molecular formula is C26H33F5N6O2. The fourth-order valence-electron chi connectivity index (χ4n) is 5.78. The number of likely N-dealkylation sites (N-methyl/N-ethyl adjacent to an activating group) is 1. The summed E-state index contributed by atoms with van der Waals surface area (Å²) in [6.45, 7) is 5.72. The first-order valence-corrected chi connectivity index (χ1v) is 13.1. The van der Waals surface area contributed by atoms with Gasteiger partial charge in [-0.3, -0.25) is 4.90 Å². The second-order valence-electron chi connectivity index (χ2n) is 10.6. The number of fused-ring (bicyclic) bond motifs is 1. The van der Waals surface area contributed by atoms with Crippen LogP contribution in [0.2, 0.25) is 0 Å². The van der Waals surface area contributed by atoms with Crippen LogP contribution in [0.25, 0.3) is 0 Å². The summed E-state index contributed by atoms with van der Waals surface area (Å²) in [5.41, 5.74) is 4.52. The number of halogens is 5. The van der Waals surface area contributed by atoms with Gasteiger partial charge in [-0.1, -0.05) is 0 Å². The number of hydrogen-bond acceptors (Lipinski definition) is 8. The molecule has 13 heteroatoms. The van der Waals surface area contributed by atoms with Crippen molar-refractivity contribution >= 4 is 11.5 Å². The van der Waals surface area contributed by atoms with E-state index in [2.05, 4.69) is 20.2 Å². The summed E-state index contributed by atoms with van der Waals surface area (Å²) in [7, 11) is 1.82. The van der Waals surface area contributed by atoms with Gasteiger partial charge in [0.05, 0.1) is 29.7 Å². The smallest absolute Gasteiger partial charge is 0.417 e. The molecule has 2 aromatic rings. The summed E-state index contributed by atoms with van der Waals surface area (Å²) >= 11 is 0. The minimum Gasteiger partial charge on any atom is -0.462 e. The standard InChI is InChI=1S/C26H33F5N6O2/c1-13-6-18(32)23(28)21(22(13)26(29,30)31)20-8-19-17(12-38-20)24(37-5-4-33-9-14(37)2)35-25(34-19)39-11-16-7-15(27)10-36(16)3/h6,14-16,20,33H,4-5,7-12,32H2,1-3H3/t14-,15+,16-,20?/m0/s1. The molecule has 0 bridgehead atoms. The van der Waals surface area contributed by atoms with Crippen molar-refractivity contribution in [2.45, 2.75) is 63.8 Å². The van der Waals surface area contributed by atoms with Crippen LogP contribution in [0.5, 0.6) is 6.01 Å². The van der Waals surface area contributed by atoms with Crippen LogP contribution in [0, 0.1) is 12.7 Å². The largest absolute Gasteiger partial charge is 0.462 e. The Morgan fingerprint density at radius 3 is 2.72 bits per heavy atom. The van der Waals surface area contributed by atoms with E-state index in [0.717, 1.165) is 12.6 Å². The number of aromatic nitrogens is 2. The van der Waals surface area contributed by atoms with Gasteiger partial charge in [0.15, 0.2) is 5.82 Å². The number of nitrogens with zero attached hydrogens (tertiary/aromatic N) is 4. The van der Waals surface area contributed by atoms with Crippen LogP contribution in [0.15, 0.2) is 6.07 Å². The first-order valence-electron chi connectivity index (χ1n) is 13.1. The zero-order valence-electron chi connectivity index (χ0n) is 22.1. The van der Waals surface area contributed by atoms with E-state index in [0.29, 0.717) is 43.1 Å².